The summed E-state index contributed by atoms with van der Waals surface area (Å²) >= 11 is 0. The van der Waals surface area contributed by atoms with Gasteiger partial charge in [-0.05, 0) is 12.1 Å². The van der Waals surface area contributed by atoms with Crippen molar-refractivity contribution in [1.29, 1.82) is 0 Å². The summed E-state index contributed by atoms with van der Waals surface area (Å²) in [7, 11) is -5.35. The molecule has 0 heterocycles. The Morgan fingerprint density at radius 1 is 1.16 bits per heavy atom. The largest absolute Gasteiger partial charge is 3.00 e. The summed E-state index contributed by atoms with van der Waals surface area (Å²) in [5, 5.41) is 43.7. The Morgan fingerprint density at radius 2 is 1.72 bits per heavy atom. The first-order chi connectivity index (χ1) is 13.5. The summed E-state index contributed by atoms with van der Waals surface area (Å²) in [6.07, 6.45) is 0. The molecule has 163 valence electrons. The van der Waals surface area contributed by atoms with Crippen LogP contribution in [0.2, 0.25) is 0 Å². The number of allylic oxidation sites excluding steroid dienone is 1. The number of rotatable bonds is 6. The Morgan fingerprint density at radius 3 is 2.19 bits per heavy atom. The molecule has 0 aliphatic carbocycles. The van der Waals surface area contributed by atoms with Gasteiger partial charge >= 0.3 is 46.9 Å². The molecule has 0 unspecified atom stereocenters. The van der Waals surface area contributed by atoms with Crippen molar-refractivity contribution in [1.82, 2.24) is 0 Å². The molecular formula is C16H12CrN4NaO9S. The fourth-order valence-corrected chi connectivity index (χ4v) is 2.63. The number of carbonyl (C=O) groups is 1. The fraction of sp³-hybridized carbons (Fsp3) is 0.0625. The third-order valence-electron chi connectivity index (χ3n) is 3.34. The van der Waals surface area contributed by atoms with E-state index in [4.69, 9.17) is 0 Å². The van der Waals surface area contributed by atoms with Crippen molar-refractivity contribution in [3.63, 3.8) is 0 Å². The van der Waals surface area contributed by atoms with E-state index >= 15 is 0 Å². The molecule has 1 amide bonds. The van der Waals surface area contributed by atoms with Gasteiger partial charge in [-0.2, -0.15) is 5.11 Å². The van der Waals surface area contributed by atoms with Crippen LogP contribution in [0.4, 0.5) is 17.1 Å². The molecule has 32 heavy (non-hydrogen) atoms. The molecule has 1 radical (unpaired) electrons. The average molecular weight is 511 g/mol. The molecule has 16 heteroatoms. The molecule has 0 spiro atoms. The van der Waals surface area contributed by atoms with Crippen molar-refractivity contribution in [3.05, 3.63) is 64.0 Å². The van der Waals surface area contributed by atoms with E-state index in [1.807, 2.05) is 0 Å². The number of para-hydroxylation sites is 1. The fourth-order valence-electron chi connectivity index (χ4n) is 2.03. The predicted octanol–water partition coefficient (Wildman–Crippen LogP) is -2.29. The normalized spacial score (nSPS) is 11.3. The minimum absolute atomic E-state index is 0. The van der Waals surface area contributed by atoms with Crippen LogP contribution in [0.1, 0.15) is 6.92 Å². The van der Waals surface area contributed by atoms with Gasteiger partial charge in [-0.25, -0.2) is 8.42 Å². The average Bonchev–Trinajstić information content (AvgIpc) is 2.62. The monoisotopic (exact) mass is 511 g/mol. The maximum atomic E-state index is 12.2. The minimum atomic E-state index is -5.35. The van der Waals surface area contributed by atoms with Crippen LogP contribution in [0, 0.1) is 10.1 Å². The van der Waals surface area contributed by atoms with Gasteiger partial charge in [0.25, 0.3) is 11.6 Å². The number of non-ortho nitro benzene ring substituents is 1. The zero-order chi connectivity index (χ0) is 21.8. The topological polar surface area (TPSA) is 230 Å². The second-order valence-electron chi connectivity index (χ2n) is 5.43. The number of amides is 1. The van der Waals surface area contributed by atoms with Crippen LogP contribution < -0.4 is 45.1 Å². The van der Waals surface area contributed by atoms with E-state index in [1.165, 1.54) is 12.1 Å². The van der Waals surface area contributed by atoms with E-state index in [0.717, 1.165) is 6.92 Å². The number of benzene rings is 2. The molecule has 0 saturated carbocycles. The number of anilines is 1. The molecule has 0 fully saturated rings. The summed E-state index contributed by atoms with van der Waals surface area (Å²) in [6, 6.07) is 8.81. The van der Waals surface area contributed by atoms with Gasteiger partial charge < -0.3 is 25.6 Å². The molecule has 0 aliphatic rings. The van der Waals surface area contributed by atoms with Gasteiger partial charge in [-0.3, -0.25) is 14.9 Å². The van der Waals surface area contributed by atoms with Crippen LogP contribution >= 0.6 is 0 Å². The van der Waals surface area contributed by atoms with Gasteiger partial charge in [-0.15, -0.1) is 10.9 Å². The van der Waals surface area contributed by atoms with Crippen LogP contribution in [0.15, 0.2) is 69.0 Å². The van der Waals surface area contributed by atoms with Crippen molar-refractivity contribution in [2.75, 3.05) is 5.32 Å². The summed E-state index contributed by atoms with van der Waals surface area (Å²) in [5.41, 5.74) is -2.25. The maximum absolute atomic E-state index is 12.2. The quantitative estimate of drug-likeness (QED) is 0.0835. The van der Waals surface area contributed by atoms with E-state index in [1.54, 1.807) is 18.2 Å². The number of hydrogen-bond donors (Lipinski definition) is 1. The van der Waals surface area contributed by atoms with Crippen molar-refractivity contribution in [2.24, 2.45) is 10.2 Å². The standard InChI is InChI=1S/C16H14N4O8S.Cr.Na.H2O/c1-9(21)14(16(23)17-10-5-3-2-4-6-10)19-18-12-7-11(20(24)25)8-13(15(12)22)29(26,27)28;;;/h2-8,21-22H,1H3,(H,17,23)(H,26,27,28);;;1H2/q;+3;+1;/p-4/b14-9-,19-18?;;;. The van der Waals surface area contributed by atoms with E-state index < -0.39 is 54.4 Å². The molecule has 0 aliphatic heterocycles. The summed E-state index contributed by atoms with van der Waals surface area (Å²) in [4.78, 5) is 20.7. The van der Waals surface area contributed by atoms with Gasteiger partial charge in [0.15, 0.2) is 0 Å². The zero-order valence-electron chi connectivity index (χ0n) is 16.4. The molecule has 0 aromatic heterocycles. The molecular weight excluding hydrogens is 499 g/mol. The van der Waals surface area contributed by atoms with Gasteiger partial charge in [0.1, 0.15) is 15.8 Å². The first-order valence-electron chi connectivity index (χ1n) is 7.62. The number of nitro benzene ring substituents is 1. The first kappa shape index (κ1) is 31.8. The summed E-state index contributed by atoms with van der Waals surface area (Å²) < 4.78 is 33.5. The molecule has 2 aromatic carbocycles. The third-order valence-corrected chi connectivity index (χ3v) is 4.18. The number of nitro groups is 1. The van der Waals surface area contributed by atoms with Crippen LogP contribution in [-0.4, -0.2) is 29.3 Å². The molecule has 2 rings (SSSR count). The second kappa shape index (κ2) is 13.3. The van der Waals surface area contributed by atoms with Crippen LogP contribution in [-0.2, 0) is 32.3 Å². The van der Waals surface area contributed by atoms with Gasteiger partial charge in [0.2, 0.25) is 0 Å². The van der Waals surface area contributed by atoms with E-state index in [9.17, 15) is 38.1 Å². The molecule has 0 atom stereocenters. The second-order valence-corrected chi connectivity index (χ2v) is 6.78. The number of nitrogens with zero attached hydrogens (tertiary/aromatic N) is 3. The molecule has 2 aromatic rings. The smallest absolute Gasteiger partial charge is 0.874 e. The van der Waals surface area contributed by atoms with E-state index in [2.05, 4.69) is 15.5 Å². The van der Waals surface area contributed by atoms with Gasteiger partial charge in [0, 0.05) is 17.8 Å². The van der Waals surface area contributed by atoms with Crippen molar-refractivity contribution >= 4 is 33.1 Å². The molecule has 13 nitrogen and oxygen atoms in total. The molecule has 0 bridgehead atoms. The van der Waals surface area contributed by atoms with E-state index in [0.29, 0.717) is 17.8 Å². The van der Waals surface area contributed by atoms with Gasteiger partial charge in [-0.1, -0.05) is 30.9 Å². The van der Waals surface area contributed by atoms with E-state index in [-0.39, 0.29) is 52.4 Å². The summed E-state index contributed by atoms with van der Waals surface area (Å²) in [6.45, 7) is 0.984. The molecule has 0 saturated heterocycles. The predicted molar refractivity (Wildman–Crippen MR) is 94.7 cm³/mol. The maximum Gasteiger partial charge on any atom is 3.00 e. The Labute approximate surface area is 214 Å². The number of nitrogens with one attached hydrogen (secondary N) is 1. The number of azo groups is 1. The van der Waals surface area contributed by atoms with Crippen molar-refractivity contribution in [2.45, 2.75) is 11.8 Å². The Kier molecular flexibility index (Phi) is 13.2. The minimum Gasteiger partial charge on any atom is -0.874 e. The van der Waals surface area contributed by atoms with Crippen LogP contribution in [0.3, 0.4) is 0 Å². The van der Waals surface area contributed by atoms with Crippen molar-refractivity contribution < 1.29 is 85.3 Å². The van der Waals surface area contributed by atoms with Crippen LogP contribution in [0.5, 0.6) is 5.75 Å². The van der Waals surface area contributed by atoms with Crippen molar-refractivity contribution in [3.8, 4) is 5.75 Å². The molecule has 2 N–H and O–H groups in total. The van der Waals surface area contributed by atoms with Crippen LogP contribution in [0.25, 0.3) is 0 Å². The number of hydrogen-bond acceptors (Lipinski definition) is 11. The third kappa shape index (κ3) is 8.30. The Balaban J connectivity index is 0. The number of carbonyl (C=O) groups excluding carboxylic acids is 1. The Bertz CT molecular complexity index is 1140. The SMILES string of the molecule is C/C([O-])=C(/N=Nc1cc([N+](=O)[O-])cc(S(=O)(=O)[O-])c1[O-])C(=O)Nc1ccccc1.[Cr+3].[Na+].[OH-]. The van der Waals surface area contributed by atoms with Gasteiger partial charge in [0.05, 0.1) is 15.5 Å². The summed E-state index contributed by atoms with van der Waals surface area (Å²) in [5.74, 6) is -3.29. The first-order valence-corrected chi connectivity index (χ1v) is 9.03. The zero-order valence-corrected chi connectivity index (χ0v) is 20.5. The Hall–Kier alpha value is -2.35.